The van der Waals surface area contributed by atoms with E-state index in [2.05, 4.69) is 57.3 Å². The summed E-state index contributed by atoms with van der Waals surface area (Å²) < 4.78 is 0. The summed E-state index contributed by atoms with van der Waals surface area (Å²) in [5.74, 6) is 0.743. The van der Waals surface area contributed by atoms with E-state index in [1.54, 1.807) is 0 Å². The summed E-state index contributed by atoms with van der Waals surface area (Å²) in [6, 6.07) is 0.510. The van der Waals surface area contributed by atoms with Crippen LogP contribution in [-0.4, -0.2) is 49.6 Å². The van der Waals surface area contributed by atoms with Crippen LogP contribution in [0.4, 0.5) is 0 Å². The maximum Gasteiger partial charge on any atom is 0.237 e. The highest BCUT2D eigenvalue weighted by Crippen LogP contribution is 2.07. The Labute approximate surface area is 125 Å². The number of rotatable bonds is 10. The van der Waals surface area contributed by atoms with Gasteiger partial charge in [0.25, 0.3) is 0 Å². The zero-order chi connectivity index (χ0) is 15.7. The molecule has 2 atom stereocenters. The van der Waals surface area contributed by atoms with E-state index in [0.29, 0.717) is 18.0 Å². The average Bonchev–Trinajstić information content (AvgIpc) is 2.33. The molecule has 0 spiro atoms. The molecule has 0 aliphatic carbocycles. The Hall–Kier alpha value is -0.610. The molecule has 0 aliphatic heterocycles. The Bertz CT molecular complexity index is 252. The molecule has 0 aliphatic rings. The van der Waals surface area contributed by atoms with Crippen molar-refractivity contribution in [1.82, 2.24) is 15.5 Å². The van der Waals surface area contributed by atoms with E-state index in [1.807, 2.05) is 6.92 Å². The van der Waals surface area contributed by atoms with Crippen LogP contribution in [0.2, 0.25) is 0 Å². The van der Waals surface area contributed by atoms with Crippen molar-refractivity contribution in [2.24, 2.45) is 5.92 Å². The Morgan fingerprint density at radius 2 is 1.60 bits per heavy atom. The van der Waals surface area contributed by atoms with E-state index in [1.165, 1.54) is 0 Å². The molecular formula is C16H35N3O. The van der Waals surface area contributed by atoms with Crippen LogP contribution in [0.25, 0.3) is 0 Å². The second kappa shape index (κ2) is 10.2. The van der Waals surface area contributed by atoms with Gasteiger partial charge in [0.15, 0.2) is 0 Å². The summed E-state index contributed by atoms with van der Waals surface area (Å²) in [5, 5.41) is 6.59. The minimum atomic E-state index is -0.140. The monoisotopic (exact) mass is 285 g/mol. The van der Waals surface area contributed by atoms with Gasteiger partial charge in [0.05, 0.1) is 6.04 Å². The topological polar surface area (TPSA) is 44.4 Å². The van der Waals surface area contributed by atoms with E-state index in [9.17, 15) is 4.79 Å². The molecule has 4 nitrogen and oxygen atoms in total. The van der Waals surface area contributed by atoms with Crippen molar-refractivity contribution in [1.29, 1.82) is 0 Å². The predicted octanol–water partition coefficient (Wildman–Crippen LogP) is 2.25. The molecule has 120 valence electrons. The fourth-order valence-corrected chi connectivity index (χ4v) is 2.45. The highest BCUT2D eigenvalue weighted by atomic mass is 16.2. The predicted molar refractivity (Wildman–Crippen MR) is 86.9 cm³/mol. The van der Waals surface area contributed by atoms with Gasteiger partial charge in [0.2, 0.25) is 5.91 Å². The van der Waals surface area contributed by atoms with Crippen molar-refractivity contribution in [3.05, 3.63) is 0 Å². The standard InChI is InChI=1S/C16H35N3O/c1-8-14(9-2)18-16(20)13(5)17-15(10-12(3)4)11-19(6)7/h12-15,17H,8-11H2,1-7H3,(H,18,20). The van der Waals surface area contributed by atoms with Crippen LogP contribution in [0.15, 0.2) is 0 Å². The van der Waals surface area contributed by atoms with Gasteiger partial charge in [-0.25, -0.2) is 0 Å². The van der Waals surface area contributed by atoms with Gasteiger partial charge in [-0.2, -0.15) is 0 Å². The Kier molecular flexibility index (Phi) is 9.86. The van der Waals surface area contributed by atoms with E-state index < -0.39 is 0 Å². The molecule has 0 fully saturated rings. The van der Waals surface area contributed by atoms with Crippen molar-refractivity contribution >= 4 is 5.91 Å². The molecule has 0 radical (unpaired) electrons. The van der Waals surface area contributed by atoms with Gasteiger partial charge in [-0.05, 0) is 46.2 Å². The van der Waals surface area contributed by atoms with Crippen LogP contribution in [0.5, 0.6) is 0 Å². The summed E-state index contributed by atoms with van der Waals surface area (Å²) in [7, 11) is 4.15. The lowest BCUT2D eigenvalue weighted by atomic mass is 10.0. The first-order valence-electron chi connectivity index (χ1n) is 8.01. The first kappa shape index (κ1) is 19.4. The number of amides is 1. The number of carbonyl (C=O) groups excluding carboxylic acids is 1. The van der Waals surface area contributed by atoms with Crippen LogP contribution < -0.4 is 10.6 Å². The summed E-state index contributed by atoms with van der Waals surface area (Å²) >= 11 is 0. The van der Waals surface area contributed by atoms with Crippen molar-refractivity contribution in [2.75, 3.05) is 20.6 Å². The quantitative estimate of drug-likeness (QED) is 0.647. The molecule has 0 saturated carbocycles. The zero-order valence-corrected chi connectivity index (χ0v) is 14.5. The summed E-state index contributed by atoms with van der Waals surface area (Å²) in [4.78, 5) is 14.4. The van der Waals surface area contributed by atoms with E-state index in [-0.39, 0.29) is 11.9 Å². The van der Waals surface area contributed by atoms with E-state index in [4.69, 9.17) is 0 Å². The van der Waals surface area contributed by atoms with Gasteiger partial charge >= 0.3 is 0 Å². The third-order valence-electron chi connectivity index (χ3n) is 3.55. The Morgan fingerprint density at radius 3 is 2.00 bits per heavy atom. The molecule has 0 rings (SSSR count). The van der Waals surface area contributed by atoms with Crippen LogP contribution in [0.1, 0.15) is 53.9 Å². The third kappa shape index (κ3) is 8.54. The first-order valence-corrected chi connectivity index (χ1v) is 8.01. The van der Waals surface area contributed by atoms with Crippen LogP contribution in [0.3, 0.4) is 0 Å². The van der Waals surface area contributed by atoms with Gasteiger partial charge < -0.3 is 15.5 Å². The summed E-state index contributed by atoms with van der Waals surface area (Å²) in [6.45, 7) is 11.6. The lowest BCUT2D eigenvalue weighted by molar-refractivity contribution is -0.123. The second-order valence-electron chi connectivity index (χ2n) is 6.50. The number of nitrogens with zero attached hydrogens (tertiary/aromatic N) is 1. The highest BCUT2D eigenvalue weighted by molar-refractivity contribution is 5.81. The minimum absolute atomic E-state index is 0.117. The van der Waals surface area contributed by atoms with Crippen molar-refractivity contribution in [3.63, 3.8) is 0 Å². The second-order valence-corrected chi connectivity index (χ2v) is 6.50. The number of hydrogen-bond acceptors (Lipinski definition) is 3. The van der Waals surface area contributed by atoms with E-state index >= 15 is 0 Å². The van der Waals surface area contributed by atoms with Crippen LogP contribution in [0, 0.1) is 5.92 Å². The first-order chi connectivity index (χ1) is 9.29. The lowest BCUT2D eigenvalue weighted by Crippen LogP contribution is -2.51. The molecular weight excluding hydrogens is 250 g/mol. The number of hydrogen-bond donors (Lipinski definition) is 2. The molecule has 0 heterocycles. The average molecular weight is 285 g/mol. The minimum Gasteiger partial charge on any atom is -0.352 e. The van der Waals surface area contributed by atoms with E-state index in [0.717, 1.165) is 25.8 Å². The van der Waals surface area contributed by atoms with Gasteiger partial charge in [-0.15, -0.1) is 0 Å². The van der Waals surface area contributed by atoms with Crippen LogP contribution in [-0.2, 0) is 4.79 Å². The third-order valence-corrected chi connectivity index (χ3v) is 3.55. The number of nitrogens with one attached hydrogen (secondary N) is 2. The molecule has 0 aromatic carbocycles. The lowest BCUT2D eigenvalue weighted by Gasteiger charge is -2.28. The van der Waals surface area contributed by atoms with Gasteiger partial charge in [0.1, 0.15) is 0 Å². The zero-order valence-electron chi connectivity index (χ0n) is 14.5. The molecule has 0 aromatic heterocycles. The molecule has 2 N–H and O–H groups in total. The Morgan fingerprint density at radius 1 is 1.05 bits per heavy atom. The molecule has 4 heteroatoms. The molecule has 0 saturated heterocycles. The smallest absolute Gasteiger partial charge is 0.237 e. The molecule has 0 bridgehead atoms. The van der Waals surface area contributed by atoms with Crippen molar-refractivity contribution < 1.29 is 4.79 Å². The van der Waals surface area contributed by atoms with Gasteiger partial charge in [-0.1, -0.05) is 27.7 Å². The number of likely N-dealkylation sites (N-methyl/N-ethyl adjacent to an activating group) is 1. The van der Waals surface area contributed by atoms with Crippen LogP contribution >= 0.6 is 0 Å². The summed E-state index contributed by atoms with van der Waals surface area (Å²) in [5.41, 5.74) is 0. The van der Waals surface area contributed by atoms with Gasteiger partial charge in [-0.3, -0.25) is 4.79 Å². The largest absolute Gasteiger partial charge is 0.352 e. The SMILES string of the molecule is CCC(CC)NC(=O)C(C)NC(CC(C)C)CN(C)C. The maximum atomic E-state index is 12.2. The Balaban J connectivity index is 4.41. The van der Waals surface area contributed by atoms with Gasteiger partial charge in [0, 0.05) is 18.6 Å². The molecule has 2 unspecified atom stereocenters. The fraction of sp³-hybridized carbons (Fsp3) is 0.938. The molecule has 0 aromatic rings. The normalized spacial score (nSPS) is 14.9. The molecule has 1 amide bonds. The number of carbonyl (C=O) groups is 1. The highest BCUT2D eigenvalue weighted by Gasteiger charge is 2.20. The van der Waals surface area contributed by atoms with Crippen molar-refractivity contribution in [2.45, 2.75) is 72.0 Å². The van der Waals surface area contributed by atoms with Crippen molar-refractivity contribution in [3.8, 4) is 0 Å². The molecule has 20 heavy (non-hydrogen) atoms. The maximum absolute atomic E-state index is 12.2. The summed E-state index contributed by atoms with van der Waals surface area (Å²) in [6.07, 6.45) is 3.06. The fourth-order valence-electron chi connectivity index (χ4n) is 2.45.